The molecule has 0 aliphatic rings. The quantitative estimate of drug-likeness (QED) is 0.775. The number of amides is 1. The second kappa shape index (κ2) is 7.28. The molecular weight excluding hydrogens is 238 g/mol. The van der Waals surface area contributed by atoms with Crippen molar-refractivity contribution in [3.05, 3.63) is 60.4 Å². The summed E-state index contributed by atoms with van der Waals surface area (Å²) in [5, 5.41) is 5.95. The average Bonchev–Trinajstić information content (AvgIpc) is 2.46. The van der Waals surface area contributed by atoms with Crippen molar-refractivity contribution in [2.75, 3.05) is 18.4 Å². The number of hydrogen-bond acceptors (Lipinski definition) is 3. The highest BCUT2D eigenvalue weighted by molar-refractivity contribution is 5.92. The van der Waals surface area contributed by atoms with Crippen molar-refractivity contribution in [1.29, 1.82) is 0 Å². The number of hydrogen-bond donors (Lipinski definition) is 2. The summed E-state index contributed by atoms with van der Waals surface area (Å²) in [5.41, 5.74) is 2.04. The molecule has 2 N–H and O–H groups in total. The van der Waals surface area contributed by atoms with Crippen LogP contribution in [0, 0.1) is 0 Å². The molecule has 19 heavy (non-hydrogen) atoms. The molecule has 1 aromatic heterocycles. The van der Waals surface area contributed by atoms with Crippen molar-refractivity contribution in [3.63, 3.8) is 0 Å². The number of carbonyl (C=O) groups excluding carboxylic acids is 1. The number of nitrogens with one attached hydrogen (secondary N) is 2. The molecule has 0 fully saturated rings. The maximum atomic E-state index is 11.6. The normalized spacial score (nSPS) is 10.1. The average molecular weight is 255 g/mol. The molecule has 0 spiro atoms. The van der Waals surface area contributed by atoms with Crippen LogP contribution >= 0.6 is 0 Å². The van der Waals surface area contributed by atoms with E-state index in [-0.39, 0.29) is 5.91 Å². The topological polar surface area (TPSA) is 54.0 Å². The Hall–Kier alpha value is -2.20. The van der Waals surface area contributed by atoms with Crippen LogP contribution in [0.25, 0.3) is 0 Å². The van der Waals surface area contributed by atoms with Crippen molar-refractivity contribution in [3.8, 4) is 0 Å². The van der Waals surface area contributed by atoms with Crippen LogP contribution in [0.5, 0.6) is 0 Å². The molecule has 98 valence electrons. The van der Waals surface area contributed by atoms with Gasteiger partial charge in [0.25, 0.3) is 0 Å². The minimum Gasteiger partial charge on any atom is -0.325 e. The van der Waals surface area contributed by atoms with E-state index in [4.69, 9.17) is 0 Å². The number of rotatable bonds is 6. The standard InChI is InChI=1S/C15H17N3O/c19-15(18-14-4-2-1-3-5-14)12-17-11-8-13-6-9-16-10-7-13/h1-7,9-10,17H,8,11-12H2,(H,18,19). The lowest BCUT2D eigenvalue weighted by Gasteiger charge is -2.06. The zero-order chi connectivity index (χ0) is 13.3. The summed E-state index contributed by atoms with van der Waals surface area (Å²) >= 11 is 0. The van der Waals surface area contributed by atoms with E-state index in [0.29, 0.717) is 6.54 Å². The summed E-state index contributed by atoms with van der Waals surface area (Å²) in [6.45, 7) is 1.09. The minimum atomic E-state index is -0.0269. The Labute approximate surface area is 112 Å². The van der Waals surface area contributed by atoms with Gasteiger partial charge in [0.2, 0.25) is 5.91 Å². The molecule has 0 radical (unpaired) electrons. The highest BCUT2D eigenvalue weighted by atomic mass is 16.1. The lowest BCUT2D eigenvalue weighted by molar-refractivity contribution is -0.115. The van der Waals surface area contributed by atoms with Crippen LogP contribution in [0.3, 0.4) is 0 Å². The van der Waals surface area contributed by atoms with E-state index in [1.807, 2.05) is 42.5 Å². The monoisotopic (exact) mass is 255 g/mol. The van der Waals surface area contributed by atoms with Gasteiger partial charge >= 0.3 is 0 Å². The van der Waals surface area contributed by atoms with Gasteiger partial charge in [0.1, 0.15) is 0 Å². The molecule has 1 heterocycles. The van der Waals surface area contributed by atoms with Crippen LogP contribution in [0.1, 0.15) is 5.56 Å². The van der Waals surface area contributed by atoms with Gasteiger partial charge in [-0.3, -0.25) is 9.78 Å². The highest BCUT2D eigenvalue weighted by Gasteiger charge is 2.00. The number of para-hydroxylation sites is 1. The third kappa shape index (κ3) is 4.89. The van der Waals surface area contributed by atoms with Gasteiger partial charge in [-0.15, -0.1) is 0 Å². The van der Waals surface area contributed by atoms with E-state index in [2.05, 4.69) is 15.6 Å². The maximum absolute atomic E-state index is 11.6. The predicted octanol–water partition coefficient (Wildman–Crippen LogP) is 1.85. The second-order valence-corrected chi connectivity index (χ2v) is 4.20. The number of nitrogens with zero attached hydrogens (tertiary/aromatic N) is 1. The number of aromatic nitrogens is 1. The molecule has 0 aliphatic carbocycles. The van der Waals surface area contributed by atoms with Crippen molar-refractivity contribution < 1.29 is 4.79 Å². The first-order valence-electron chi connectivity index (χ1n) is 6.29. The number of pyridine rings is 1. The fourth-order valence-electron chi connectivity index (χ4n) is 1.71. The fraction of sp³-hybridized carbons (Fsp3) is 0.200. The van der Waals surface area contributed by atoms with E-state index < -0.39 is 0 Å². The Morgan fingerprint density at radius 3 is 2.53 bits per heavy atom. The summed E-state index contributed by atoms with van der Waals surface area (Å²) in [6, 6.07) is 13.4. The van der Waals surface area contributed by atoms with Crippen LogP contribution in [0.15, 0.2) is 54.9 Å². The van der Waals surface area contributed by atoms with Crippen molar-refractivity contribution in [2.45, 2.75) is 6.42 Å². The van der Waals surface area contributed by atoms with Crippen LogP contribution in [0.2, 0.25) is 0 Å². The van der Waals surface area contributed by atoms with Gasteiger partial charge in [0, 0.05) is 18.1 Å². The number of carbonyl (C=O) groups is 1. The molecule has 0 saturated carbocycles. The van der Waals surface area contributed by atoms with E-state index in [0.717, 1.165) is 18.7 Å². The van der Waals surface area contributed by atoms with Crippen LogP contribution in [0.4, 0.5) is 5.69 Å². The third-order valence-electron chi connectivity index (χ3n) is 2.68. The van der Waals surface area contributed by atoms with Crippen LogP contribution in [-0.4, -0.2) is 24.0 Å². The first-order valence-corrected chi connectivity index (χ1v) is 6.29. The molecule has 0 aliphatic heterocycles. The first kappa shape index (κ1) is 13.2. The summed E-state index contributed by atoms with van der Waals surface area (Å²) in [6.07, 6.45) is 4.44. The zero-order valence-electron chi connectivity index (χ0n) is 10.7. The van der Waals surface area contributed by atoms with Gasteiger partial charge in [-0.05, 0) is 42.8 Å². The van der Waals surface area contributed by atoms with Crippen molar-refractivity contribution in [2.24, 2.45) is 0 Å². The molecule has 1 amide bonds. The van der Waals surface area contributed by atoms with E-state index >= 15 is 0 Å². The fourth-order valence-corrected chi connectivity index (χ4v) is 1.71. The van der Waals surface area contributed by atoms with Gasteiger partial charge < -0.3 is 10.6 Å². The Kier molecular flexibility index (Phi) is 5.07. The lowest BCUT2D eigenvalue weighted by atomic mass is 10.2. The number of anilines is 1. The van der Waals surface area contributed by atoms with Crippen molar-refractivity contribution in [1.82, 2.24) is 10.3 Å². The Balaban J connectivity index is 1.65. The highest BCUT2D eigenvalue weighted by Crippen LogP contribution is 2.03. The summed E-state index contributed by atoms with van der Waals surface area (Å²) in [7, 11) is 0. The van der Waals surface area contributed by atoms with Gasteiger partial charge in [0.05, 0.1) is 6.54 Å². The molecule has 0 atom stereocenters. The molecule has 4 heteroatoms. The second-order valence-electron chi connectivity index (χ2n) is 4.20. The van der Waals surface area contributed by atoms with Crippen molar-refractivity contribution >= 4 is 11.6 Å². The third-order valence-corrected chi connectivity index (χ3v) is 2.68. The van der Waals surface area contributed by atoms with E-state index in [1.165, 1.54) is 5.56 Å². The Bertz CT molecular complexity index is 499. The lowest BCUT2D eigenvalue weighted by Crippen LogP contribution is -2.29. The molecule has 0 unspecified atom stereocenters. The molecule has 1 aromatic carbocycles. The summed E-state index contributed by atoms with van der Waals surface area (Å²) < 4.78 is 0. The largest absolute Gasteiger partial charge is 0.325 e. The minimum absolute atomic E-state index is 0.0269. The van der Waals surface area contributed by atoms with E-state index in [1.54, 1.807) is 12.4 Å². The first-order chi connectivity index (χ1) is 9.34. The zero-order valence-corrected chi connectivity index (χ0v) is 10.7. The molecular formula is C15H17N3O. The van der Waals surface area contributed by atoms with Gasteiger partial charge in [-0.1, -0.05) is 18.2 Å². The van der Waals surface area contributed by atoms with Gasteiger partial charge in [-0.25, -0.2) is 0 Å². The summed E-state index contributed by atoms with van der Waals surface area (Å²) in [5.74, 6) is -0.0269. The smallest absolute Gasteiger partial charge is 0.238 e. The molecule has 2 aromatic rings. The van der Waals surface area contributed by atoms with Crippen LogP contribution < -0.4 is 10.6 Å². The maximum Gasteiger partial charge on any atom is 0.238 e. The van der Waals surface area contributed by atoms with E-state index in [9.17, 15) is 4.79 Å². The number of benzene rings is 1. The molecule has 0 saturated heterocycles. The molecule has 2 rings (SSSR count). The predicted molar refractivity (Wildman–Crippen MR) is 75.9 cm³/mol. The van der Waals surface area contributed by atoms with Gasteiger partial charge in [-0.2, -0.15) is 0 Å². The molecule has 0 bridgehead atoms. The molecule has 4 nitrogen and oxygen atoms in total. The Morgan fingerprint density at radius 2 is 1.79 bits per heavy atom. The SMILES string of the molecule is O=C(CNCCc1ccncc1)Nc1ccccc1. The van der Waals surface area contributed by atoms with Crippen LogP contribution in [-0.2, 0) is 11.2 Å². The summed E-state index contributed by atoms with van der Waals surface area (Å²) in [4.78, 5) is 15.6. The Morgan fingerprint density at radius 1 is 1.05 bits per heavy atom. The van der Waals surface area contributed by atoms with Gasteiger partial charge in [0.15, 0.2) is 0 Å².